The van der Waals surface area contributed by atoms with Gasteiger partial charge in [-0.05, 0) is 42.0 Å². The lowest BCUT2D eigenvalue weighted by atomic mass is 9.97. The average molecular weight is 473 g/mol. The number of ether oxygens (including phenoxy) is 3. The molecule has 2 N–H and O–H groups in total. The van der Waals surface area contributed by atoms with Crippen molar-refractivity contribution in [2.45, 2.75) is 0 Å². The average Bonchev–Trinajstić information content (AvgIpc) is 3.33. The predicted octanol–water partition coefficient (Wildman–Crippen LogP) is 4.89. The second-order valence-electron chi connectivity index (χ2n) is 7.63. The number of ketones is 1. The maximum absolute atomic E-state index is 13.8. The molecule has 0 unspecified atom stereocenters. The number of nitrogen functional groups attached to an aromatic ring is 1. The monoisotopic (exact) mass is 473 g/mol. The zero-order valence-electron chi connectivity index (χ0n) is 19.3. The van der Waals surface area contributed by atoms with Crippen LogP contribution in [-0.4, -0.2) is 36.6 Å². The van der Waals surface area contributed by atoms with E-state index in [0.29, 0.717) is 45.2 Å². The number of carbonyl (C=O) groups is 1. The van der Waals surface area contributed by atoms with E-state index in [4.69, 9.17) is 19.9 Å². The van der Waals surface area contributed by atoms with Gasteiger partial charge in [-0.15, -0.1) is 0 Å². The lowest BCUT2D eigenvalue weighted by molar-refractivity contribution is -0.384. The van der Waals surface area contributed by atoms with Gasteiger partial charge in [0.1, 0.15) is 0 Å². The Hall–Kier alpha value is -4.79. The van der Waals surface area contributed by atoms with Crippen molar-refractivity contribution < 1.29 is 23.9 Å². The summed E-state index contributed by atoms with van der Waals surface area (Å²) in [5, 5.41) is 11.4. The van der Waals surface area contributed by atoms with Gasteiger partial charge < -0.3 is 24.5 Å². The Morgan fingerprint density at radius 1 is 0.914 bits per heavy atom. The van der Waals surface area contributed by atoms with Crippen molar-refractivity contribution in [2.75, 3.05) is 27.1 Å². The molecule has 0 aliphatic carbocycles. The number of nitro benzene ring substituents is 1. The largest absolute Gasteiger partial charge is 0.493 e. The third kappa shape index (κ3) is 4.51. The van der Waals surface area contributed by atoms with Crippen LogP contribution in [0.5, 0.6) is 17.2 Å². The molecule has 0 spiro atoms. The molecule has 35 heavy (non-hydrogen) atoms. The fourth-order valence-electron chi connectivity index (χ4n) is 3.82. The summed E-state index contributed by atoms with van der Waals surface area (Å²) < 4.78 is 17.9. The molecule has 1 aromatic heterocycles. The Morgan fingerprint density at radius 3 is 2.14 bits per heavy atom. The third-order valence-electron chi connectivity index (χ3n) is 5.56. The molecule has 1 heterocycles. The highest BCUT2D eigenvalue weighted by Gasteiger charge is 2.23. The van der Waals surface area contributed by atoms with E-state index in [0.717, 1.165) is 5.69 Å². The Labute approximate surface area is 201 Å². The van der Waals surface area contributed by atoms with Crippen LogP contribution in [0.15, 0.2) is 73.1 Å². The van der Waals surface area contributed by atoms with Gasteiger partial charge in [0.25, 0.3) is 5.69 Å². The lowest BCUT2D eigenvalue weighted by Gasteiger charge is -2.14. The maximum atomic E-state index is 13.8. The molecule has 0 atom stereocenters. The van der Waals surface area contributed by atoms with Gasteiger partial charge in [-0.2, -0.15) is 0 Å². The van der Waals surface area contributed by atoms with Gasteiger partial charge in [-0.1, -0.05) is 12.1 Å². The van der Waals surface area contributed by atoms with Crippen LogP contribution in [0.1, 0.15) is 15.9 Å². The topological polar surface area (TPSA) is 119 Å². The van der Waals surface area contributed by atoms with E-state index in [1.165, 1.54) is 33.5 Å². The van der Waals surface area contributed by atoms with Crippen molar-refractivity contribution in [3.63, 3.8) is 0 Å². The van der Waals surface area contributed by atoms with Crippen LogP contribution < -0.4 is 19.9 Å². The summed E-state index contributed by atoms with van der Waals surface area (Å²) in [7, 11) is 4.42. The fourth-order valence-corrected chi connectivity index (χ4v) is 3.82. The van der Waals surface area contributed by atoms with Crippen LogP contribution >= 0.6 is 0 Å². The molecule has 0 saturated heterocycles. The molecule has 0 fully saturated rings. The summed E-state index contributed by atoms with van der Waals surface area (Å²) in [6.07, 6.45) is 3.45. The van der Waals surface area contributed by atoms with E-state index >= 15 is 0 Å². The maximum Gasteiger partial charge on any atom is 0.270 e. The van der Waals surface area contributed by atoms with Gasteiger partial charge >= 0.3 is 0 Å². The summed E-state index contributed by atoms with van der Waals surface area (Å²) >= 11 is 0. The number of aromatic nitrogens is 1. The van der Waals surface area contributed by atoms with Crippen LogP contribution in [0.3, 0.4) is 0 Å². The number of rotatable bonds is 8. The minimum Gasteiger partial charge on any atom is -0.493 e. The quantitative estimate of drug-likeness (QED) is 0.167. The van der Waals surface area contributed by atoms with Gasteiger partial charge in [-0.25, -0.2) is 0 Å². The van der Waals surface area contributed by atoms with Crippen LogP contribution in [0, 0.1) is 10.1 Å². The number of hydrogen-bond acceptors (Lipinski definition) is 7. The third-order valence-corrected chi connectivity index (χ3v) is 5.56. The summed E-state index contributed by atoms with van der Waals surface area (Å²) in [6, 6.07) is 16.4. The van der Waals surface area contributed by atoms with E-state index < -0.39 is 4.92 Å². The molecule has 0 saturated carbocycles. The number of carbonyl (C=O) groups excluding carboxylic acids is 1. The summed E-state index contributed by atoms with van der Waals surface area (Å²) in [6.45, 7) is 0. The normalized spacial score (nSPS) is 10.6. The van der Waals surface area contributed by atoms with E-state index in [1.54, 1.807) is 53.4 Å². The molecule has 9 heteroatoms. The Morgan fingerprint density at radius 2 is 1.57 bits per heavy atom. The van der Waals surface area contributed by atoms with E-state index in [9.17, 15) is 14.9 Å². The SMILES string of the molecule is COc1cc(C(=O)c2cn(-c3ccc(N)cc3)cc2-c2cccc([N+](=O)[O-])c2)cc(OC)c1OC. The van der Waals surface area contributed by atoms with Gasteiger partial charge in [0.2, 0.25) is 5.75 Å². The van der Waals surface area contributed by atoms with Crippen molar-refractivity contribution in [1.29, 1.82) is 0 Å². The molecule has 3 aromatic carbocycles. The number of nitrogens with two attached hydrogens (primary N) is 1. The fraction of sp³-hybridized carbons (Fsp3) is 0.115. The smallest absolute Gasteiger partial charge is 0.270 e. The Bertz CT molecular complexity index is 1380. The van der Waals surface area contributed by atoms with Crippen molar-refractivity contribution in [3.8, 4) is 34.1 Å². The predicted molar refractivity (Wildman–Crippen MR) is 132 cm³/mol. The summed E-state index contributed by atoms with van der Waals surface area (Å²) in [4.78, 5) is 24.7. The summed E-state index contributed by atoms with van der Waals surface area (Å²) in [5.74, 6) is 0.722. The number of non-ortho nitro benzene ring substituents is 1. The first-order chi connectivity index (χ1) is 16.9. The lowest BCUT2D eigenvalue weighted by Crippen LogP contribution is -2.05. The molecular weight excluding hydrogens is 450 g/mol. The molecule has 0 bridgehead atoms. The zero-order chi connectivity index (χ0) is 25.1. The van der Waals surface area contributed by atoms with Crippen LogP contribution in [0.25, 0.3) is 16.8 Å². The molecule has 4 aromatic rings. The first kappa shape index (κ1) is 23.4. The van der Waals surface area contributed by atoms with Gasteiger partial charge in [-0.3, -0.25) is 14.9 Å². The number of anilines is 1. The molecule has 0 aliphatic heterocycles. The first-order valence-electron chi connectivity index (χ1n) is 10.5. The molecule has 0 aliphatic rings. The molecule has 178 valence electrons. The minimum atomic E-state index is -0.471. The highest BCUT2D eigenvalue weighted by molar-refractivity contribution is 6.13. The van der Waals surface area contributed by atoms with Crippen molar-refractivity contribution in [2.24, 2.45) is 0 Å². The second kappa shape index (κ2) is 9.60. The van der Waals surface area contributed by atoms with Gasteiger partial charge in [0.05, 0.1) is 26.3 Å². The molecule has 9 nitrogen and oxygen atoms in total. The Balaban J connectivity index is 1.90. The van der Waals surface area contributed by atoms with E-state index in [1.807, 2.05) is 12.1 Å². The van der Waals surface area contributed by atoms with Gasteiger partial charge in [0, 0.05) is 52.6 Å². The second-order valence-corrected chi connectivity index (χ2v) is 7.63. The number of nitrogens with zero attached hydrogens (tertiary/aromatic N) is 2. The first-order valence-corrected chi connectivity index (χ1v) is 10.5. The standard InChI is InChI=1S/C26H23N3O6/c1-33-23-12-17(13-24(34-2)26(23)35-3)25(30)22-15-28(19-9-7-18(27)8-10-19)14-21(22)16-5-4-6-20(11-16)29(31)32/h4-15H,27H2,1-3H3. The van der Waals surface area contributed by atoms with E-state index in [-0.39, 0.29) is 11.5 Å². The number of hydrogen-bond donors (Lipinski definition) is 1. The molecule has 4 rings (SSSR count). The highest BCUT2D eigenvalue weighted by Crippen LogP contribution is 2.39. The van der Waals surface area contributed by atoms with Crippen molar-refractivity contribution in [3.05, 3.63) is 94.3 Å². The molecule has 0 radical (unpaired) electrons. The van der Waals surface area contributed by atoms with E-state index in [2.05, 4.69) is 0 Å². The molecular formula is C26H23N3O6. The minimum absolute atomic E-state index is 0.0751. The Kier molecular flexibility index (Phi) is 6.41. The number of benzene rings is 3. The highest BCUT2D eigenvalue weighted by atomic mass is 16.6. The van der Waals surface area contributed by atoms with Crippen LogP contribution in [0.2, 0.25) is 0 Å². The van der Waals surface area contributed by atoms with Crippen LogP contribution in [-0.2, 0) is 0 Å². The van der Waals surface area contributed by atoms with Crippen molar-refractivity contribution >= 4 is 17.2 Å². The van der Waals surface area contributed by atoms with Gasteiger partial charge in [0.15, 0.2) is 17.3 Å². The number of nitro groups is 1. The summed E-state index contributed by atoms with van der Waals surface area (Å²) in [5.41, 5.74) is 8.83. The molecule has 0 amide bonds. The number of methoxy groups -OCH3 is 3. The van der Waals surface area contributed by atoms with Crippen molar-refractivity contribution in [1.82, 2.24) is 4.57 Å². The zero-order valence-corrected chi connectivity index (χ0v) is 19.3. The van der Waals surface area contributed by atoms with Crippen LogP contribution in [0.4, 0.5) is 11.4 Å².